The summed E-state index contributed by atoms with van der Waals surface area (Å²) < 4.78 is 53.3. The average Bonchev–Trinajstić information content (AvgIpc) is 3.17. The summed E-state index contributed by atoms with van der Waals surface area (Å²) in [6, 6.07) is 12.6. The first-order valence-electron chi connectivity index (χ1n) is 11.9. The Kier molecular flexibility index (Phi) is 7.82. The zero-order chi connectivity index (χ0) is 28.3. The molecule has 3 aromatic rings. The number of rotatable bonds is 10. The number of nitrogens with one attached hydrogen (secondary N) is 1. The van der Waals surface area contributed by atoms with Crippen LogP contribution in [0.15, 0.2) is 66.1 Å². The van der Waals surface area contributed by atoms with Crippen LogP contribution >= 0.6 is 0 Å². The highest BCUT2D eigenvalue weighted by molar-refractivity contribution is 7.92. The molecular weight excluding hydrogens is 527 g/mol. The minimum atomic E-state index is -4.30. The third-order valence-electron chi connectivity index (χ3n) is 6.17. The van der Waals surface area contributed by atoms with Gasteiger partial charge < -0.3 is 9.47 Å². The van der Waals surface area contributed by atoms with Crippen LogP contribution in [0.3, 0.4) is 0 Å². The number of nitrogens with zero attached hydrogens (tertiary/aromatic N) is 1. The Morgan fingerprint density at radius 3 is 2.33 bits per heavy atom. The third kappa shape index (κ3) is 5.26. The molecule has 4 rings (SSSR count). The average molecular weight is 553 g/mol. The van der Waals surface area contributed by atoms with Gasteiger partial charge in [-0.15, -0.1) is 0 Å². The summed E-state index contributed by atoms with van der Waals surface area (Å²) in [6.07, 6.45) is 1.62. The highest BCUT2D eigenvalue weighted by Gasteiger charge is 2.35. The SMILES string of the molecule is C=Cc1cc(F)ccc1S(=O)(=O)Nc1ccc(CC)c(OCCN2C(=O)c3ccccc3C2=O)c1C(=O)OC. The number of esters is 1. The number of sulfonamides is 1. The van der Waals surface area contributed by atoms with E-state index in [4.69, 9.17) is 9.47 Å². The number of amides is 2. The molecule has 202 valence electrons. The van der Waals surface area contributed by atoms with Crippen molar-refractivity contribution >= 4 is 39.6 Å². The molecule has 9 nitrogen and oxygen atoms in total. The summed E-state index contributed by atoms with van der Waals surface area (Å²) in [6.45, 7) is 5.07. The molecule has 11 heteroatoms. The number of imide groups is 1. The lowest BCUT2D eigenvalue weighted by Crippen LogP contribution is -2.33. The van der Waals surface area contributed by atoms with E-state index in [0.29, 0.717) is 23.1 Å². The molecule has 0 saturated heterocycles. The molecule has 0 saturated carbocycles. The second-order valence-electron chi connectivity index (χ2n) is 8.47. The smallest absolute Gasteiger partial charge is 0.343 e. The topological polar surface area (TPSA) is 119 Å². The number of ether oxygens (including phenoxy) is 2. The normalized spacial score (nSPS) is 12.7. The molecule has 0 aromatic heterocycles. The molecule has 1 heterocycles. The predicted octanol–water partition coefficient (Wildman–Crippen LogP) is 4.29. The number of carbonyl (C=O) groups is 3. The molecule has 0 aliphatic carbocycles. The lowest BCUT2D eigenvalue weighted by molar-refractivity contribution is 0.0583. The maximum Gasteiger partial charge on any atom is 0.343 e. The fourth-order valence-electron chi connectivity index (χ4n) is 4.26. The number of fused-ring (bicyclic) bond motifs is 1. The van der Waals surface area contributed by atoms with Crippen LogP contribution in [-0.4, -0.2) is 51.4 Å². The van der Waals surface area contributed by atoms with Crippen molar-refractivity contribution in [2.45, 2.75) is 18.2 Å². The summed E-state index contributed by atoms with van der Waals surface area (Å²) in [7, 11) is -3.16. The van der Waals surface area contributed by atoms with Crippen molar-refractivity contribution in [1.29, 1.82) is 0 Å². The van der Waals surface area contributed by atoms with Gasteiger partial charge >= 0.3 is 5.97 Å². The summed E-state index contributed by atoms with van der Waals surface area (Å²) >= 11 is 0. The third-order valence-corrected chi connectivity index (χ3v) is 7.61. The molecule has 39 heavy (non-hydrogen) atoms. The molecule has 1 aliphatic rings. The standard InChI is InChI=1S/C28H25FN2O7S/c1-4-17-10-12-22(30-39(35,36)23-13-11-19(29)16-18(23)5-2)24(28(34)37-3)25(17)38-15-14-31-26(32)20-8-6-7-9-21(20)27(31)33/h5-13,16,30H,2,4,14-15H2,1,3H3. The second-order valence-corrected chi connectivity index (χ2v) is 10.1. The molecule has 0 spiro atoms. The summed E-state index contributed by atoms with van der Waals surface area (Å²) in [5.74, 6) is -2.38. The number of carbonyl (C=O) groups excluding carboxylic acids is 3. The van der Waals surface area contributed by atoms with Gasteiger partial charge in [0.2, 0.25) is 0 Å². The fourth-order valence-corrected chi connectivity index (χ4v) is 5.53. The molecule has 0 radical (unpaired) electrons. The highest BCUT2D eigenvalue weighted by Crippen LogP contribution is 2.34. The zero-order valence-electron chi connectivity index (χ0n) is 21.2. The van der Waals surface area contributed by atoms with E-state index in [9.17, 15) is 27.2 Å². The van der Waals surface area contributed by atoms with Crippen LogP contribution in [0.2, 0.25) is 0 Å². The molecule has 0 atom stereocenters. The fraction of sp³-hybridized carbons (Fsp3) is 0.179. The van der Waals surface area contributed by atoms with Gasteiger partial charge in [-0.2, -0.15) is 0 Å². The van der Waals surface area contributed by atoms with Crippen LogP contribution in [0.5, 0.6) is 5.75 Å². The molecule has 2 amide bonds. The van der Waals surface area contributed by atoms with E-state index in [1.54, 1.807) is 30.3 Å². The first-order valence-corrected chi connectivity index (χ1v) is 13.4. The number of halogens is 1. The first-order chi connectivity index (χ1) is 18.6. The van der Waals surface area contributed by atoms with Gasteiger partial charge in [0.25, 0.3) is 21.8 Å². The van der Waals surface area contributed by atoms with E-state index in [1.165, 1.54) is 12.1 Å². The van der Waals surface area contributed by atoms with Crippen molar-refractivity contribution in [2.24, 2.45) is 0 Å². The van der Waals surface area contributed by atoms with Crippen molar-refractivity contribution in [1.82, 2.24) is 4.90 Å². The first kappa shape index (κ1) is 27.5. The van der Waals surface area contributed by atoms with Crippen LogP contribution in [0.1, 0.15) is 49.1 Å². The van der Waals surface area contributed by atoms with Crippen LogP contribution in [0, 0.1) is 5.82 Å². The Morgan fingerprint density at radius 2 is 1.74 bits per heavy atom. The van der Waals surface area contributed by atoms with E-state index in [2.05, 4.69) is 11.3 Å². The van der Waals surface area contributed by atoms with Crippen molar-refractivity contribution in [3.8, 4) is 5.75 Å². The predicted molar refractivity (Wildman–Crippen MR) is 142 cm³/mol. The van der Waals surface area contributed by atoms with E-state index in [0.717, 1.165) is 30.2 Å². The zero-order valence-corrected chi connectivity index (χ0v) is 22.0. The van der Waals surface area contributed by atoms with Gasteiger partial charge in [-0.3, -0.25) is 19.2 Å². The van der Waals surface area contributed by atoms with E-state index >= 15 is 0 Å². The largest absolute Gasteiger partial charge is 0.490 e. The van der Waals surface area contributed by atoms with Crippen molar-refractivity contribution in [2.75, 3.05) is 25.0 Å². The number of methoxy groups -OCH3 is 1. The van der Waals surface area contributed by atoms with Gasteiger partial charge in [0, 0.05) is 0 Å². The molecule has 0 fully saturated rings. The second kappa shape index (κ2) is 11.1. The number of hydrogen-bond acceptors (Lipinski definition) is 7. The van der Waals surface area contributed by atoms with Gasteiger partial charge in [-0.1, -0.05) is 37.8 Å². The van der Waals surface area contributed by atoms with Gasteiger partial charge in [0.1, 0.15) is 23.7 Å². The van der Waals surface area contributed by atoms with E-state index < -0.39 is 33.6 Å². The van der Waals surface area contributed by atoms with Gasteiger partial charge in [0.15, 0.2) is 0 Å². The minimum absolute atomic E-state index is 0.0321. The quantitative estimate of drug-likeness (QED) is 0.294. The minimum Gasteiger partial charge on any atom is -0.490 e. The molecular formula is C28H25FN2O7S. The molecule has 0 unspecified atom stereocenters. The Labute approximate surface area is 224 Å². The summed E-state index contributed by atoms with van der Waals surface area (Å²) in [5.41, 5.74) is 0.865. The molecule has 1 aliphatic heterocycles. The Bertz CT molecular complexity index is 1570. The van der Waals surface area contributed by atoms with Gasteiger partial charge in [-0.25, -0.2) is 17.6 Å². The lowest BCUT2D eigenvalue weighted by atomic mass is 10.0. The van der Waals surface area contributed by atoms with Crippen molar-refractivity contribution in [3.63, 3.8) is 0 Å². The number of hydrogen-bond donors (Lipinski definition) is 1. The Hall–Kier alpha value is -4.51. The van der Waals surface area contributed by atoms with Crippen LogP contribution in [-0.2, 0) is 21.2 Å². The lowest BCUT2D eigenvalue weighted by Gasteiger charge is -2.20. The highest BCUT2D eigenvalue weighted by atomic mass is 32.2. The monoisotopic (exact) mass is 552 g/mol. The van der Waals surface area contributed by atoms with E-state index in [-0.39, 0.29) is 40.6 Å². The van der Waals surface area contributed by atoms with Crippen LogP contribution in [0.4, 0.5) is 10.1 Å². The maximum absolute atomic E-state index is 13.7. The maximum atomic E-state index is 13.7. The summed E-state index contributed by atoms with van der Waals surface area (Å²) in [5, 5.41) is 0. The molecule has 3 aromatic carbocycles. The van der Waals surface area contributed by atoms with Gasteiger partial charge in [0.05, 0.1) is 35.4 Å². The number of aryl methyl sites for hydroxylation is 1. The number of anilines is 1. The van der Waals surface area contributed by atoms with Crippen LogP contribution < -0.4 is 9.46 Å². The van der Waals surface area contributed by atoms with Crippen molar-refractivity contribution in [3.05, 3.63) is 94.8 Å². The van der Waals surface area contributed by atoms with Gasteiger partial charge in [-0.05, 0) is 53.9 Å². The number of benzene rings is 3. The molecule has 1 N–H and O–H groups in total. The summed E-state index contributed by atoms with van der Waals surface area (Å²) in [4.78, 5) is 39.0. The van der Waals surface area contributed by atoms with E-state index in [1.807, 2.05) is 6.92 Å². The van der Waals surface area contributed by atoms with Crippen LogP contribution in [0.25, 0.3) is 6.08 Å². The molecule has 0 bridgehead atoms. The Balaban J connectivity index is 1.65. The van der Waals surface area contributed by atoms with Crippen molar-refractivity contribution < 1.29 is 36.7 Å². The Morgan fingerprint density at radius 1 is 1.08 bits per heavy atom.